The molecule has 0 aromatic heterocycles. The Kier molecular flexibility index (Phi) is 7.05. The molecule has 13 heavy (non-hydrogen) atoms. The maximum Gasteiger partial charge on any atom is 0.150 e. The summed E-state index contributed by atoms with van der Waals surface area (Å²) in [6.07, 6.45) is 3.04. The minimum absolute atomic E-state index is 0.272. The minimum atomic E-state index is -2.76. The summed E-state index contributed by atoms with van der Waals surface area (Å²) in [4.78, 5) is 0. The van der Waals surface area contributed by atoms with E-state index in [2.05, 4.69) is 22.9 Å². The van der Waals surface area contributed by atoms with Crippen molar-refractivity contribution in [2.24, 2.45) is 5.92 Å². The van der Waals surface area contributed by atoms with E-state index in [0.29, 0.717) is 11.7 Å². The number of rotatable bonds is 7. The monoisotopic (exact) mass is 270 g/mol. The van der Waals surface area contributed by atoms with Crippen LogP contribution in [0.1, 0.15) is 33.1 Å². The van der Waals surface area contributed by atoms with Crippen LogP contribution in [0.3, 0.4) is 0 Å². The van der Waals surface area contributed by atoms with Gasteiger partial charge in [0.05, 0.1) is 5.75 Å². The molecule has 0 aliphatic heterocycles. The average molecular weight is 271 g/mol. The third-order valence-electron chi connectivity index (χ3n) is 2.19. The molecule has 0 aromatic carbocycles. The fraction of sp³-hybridized carbons (Fsp3) is 1.00. The smallest absolute Gasteiger partial charge is 0.150 e. The molecule has 0 heterocycles. The van der Waals surface area contributed by atoms with E-state index in [1.165, 1.54) is 0 Å². The number of alkyl halides is 1. The molecule has 0 spiro atoms. The summed E-state index contributed by atoms with van der Waals surface area (Å²) in [6.45, 7) is 3.84. The van der Waals surface area contributed by atoms with E-state index in [0.717, 1.165) is 24.6 Å². The zero-order chi connectivity index (χ0) is 10.3. The van der Waals surface area contributed by atoms with Gasteiger partial charge in [0.1, 0.15) is 9.84 Å². The van der Waals surface area contributed by atoms with Gasteiger partial charge < -0.3 is 0 Å². The zero-order valence-electron chi connectivity index (χ0n) is 8.42. The zero-order valence-corrected chi connectivity index (χ0v) is 10.8. The van der Waals surface area contributed by atoms with Gasteiger partial charge in [-0.25, -0.2) is 8.42 Å². The number of hydrogen-bond donors (Lipinski definition) is 0. The van der Waals surface area contributed by atoms with E-state index in [1.54, 1.807) is 6.92 Å². The molecule has 2 nitrogen and oxygen atoms in total. The third kappa shape index (κ3) is 6.49. The first-order chi connectivity index (χ1) is 6.05. The Morgan fingerprint density at radius 1 is 1.23 bits per heavy atom. The molecule has 0 radical (unpaired) electrons. The second kappa shape index (κ2) is 6.82. The first-order valence-corrected chi connectivity index (χ1v) is 7.76. The molecule has 4 heteroatoms. The van der Waals surface area contributed by atoms with Crippen molar-refractivity contribution in [3.63, 3.8) is 0 Å². The Balaban J connectivity index is 3.84. The van der Waals surface area contributed by atoms with Crippen LogP contribution in [0.4, 0.5) is 0 Å². The predicted molar refractivity (Wildman–Crippen MR) is 61.1 cm³/mol. The van der Waals surface area contributed by atoms with Gasteiger partial charge in [0.25, 0.3) is 0 Å². The largest absolute Gasteiger partial charge is 0.229 e. The first kappa shape index (κ1) is 13.4. The molecule has 80 valence electrons. The van der Waals surface area contributed by atoms with E-state index in [9.17, 15) is 8.42 Å². The Morgan fingerprint density at radius 2 is 1.85 bits per heavy atom. The number of halogens is 1. The summed E-state index contributed by atoms with van der Waals surface area (Å²) in [5.74, 6) is 1.14. The molecule has 0 aromatic rings. The summed E-state index contributed by atoms with van der Waals surface area (Å²) in [5.41, 5.74) is 0. The van der Waals surface area contributed by atoms with E-state index >= 15 is 0 Å². The van der Waals surface area contributed by atoms with Crippen molar-refractivity contribution in [1.82, 2.24) is 0 Å². The van der Waals surface area contributed by atoms with Crippen LogP contribution in [0.5, 0.6) is 0 Å². The van der Waals surface area contributed by atoms with Gasteiger partial charge in [-0.15, -0.1) is 0 Å². The maximum absolute atomic E-state index is 11.2. The normalized spacial score (nSPS) is 14.4. The van der Waals surface area contributed by atoms with Crippen LogP contribution in [-0.2, 0) is 9.84 Å². The Bertz CT molecular complexity index is 212. The van der Waals surface area contributed by atoms with Crippen molar-refractivity contribution in [2.45, 2.75) is 33.1 Å². The highest BCUT2D eigenvalue weighted by Crippen LogP contribution is 2.15. The highest BCUT2D eigenvalue weighted by molar-refractivity contribution is 9.09. The molecule has 0 fully saturated rings. The fourth-order valence-electron chi connectivity index (χ4n) is 1.20. The van der Waals surface area contributed by atoms with Crippen LogP contribution >= 0.6 is 15.9 Å². The quantitative estimate of drug-likeness (QED) is 0.667. The second-order valence-corrected chi connectivity index (χ2v) is 6.45. The molecule has 0 saturated heterocycles. The van der Waals surface area contributed by atoms with Crippen molar-refractivity contribution in [3.05, 3.63) is 0 Å². The van der Waals surface area contributed by atoms with Crippen molar-refractivity contribution in [3.8, 4) is 0 Å². The van der Waals surface area contributed by atoms with E-state index in [4.69, 9.17) is 0 Å². The van der Waals surface area contributed by atoms with Gasteiger partial charge in [0.2, 0.25) is 0 Å². The lowest BCUT2D eigenvalue weighted by atomic mass is 10.0. The molecule has 0 amide bonds. The summed E-state index contributed by atoms with van der Waals surface area (Å²) in [5, 5.41) is 0.917. The van der Waals surface area contributed by atoms with Crippen LogP contribution in [-0.4, -0.2) is 25.3 Å². The van der Waals surface area contributed by atoms with Crippen LogP contribution in [0.2, 0.25) is 0 Å². The minimum Gasteiger partial charge on any atom is -0.229 e. The van der Waals surface area contributed by atoms with Gasteiger partial charge in [0.15, 0.2) is 0 Å². The molecule has 0 rings (SSSR count). The van der Waals surface area contributed by atoms with Crippen LogP contribution in [0, 0.1) is 5.92 Å². The van der Waals surface area contributed by atoms with E-state index in [1.807, 2.05) is 0 Å². The molecule has 1 unspecified atom stereocenters. The summed E-state index contributed by atoms with van der Waals surface area (Å²) >= 11 is 3.41. The molecule has 0 N–H and O–H groups in total. The predicted octanol–water partition coefficient (Wildman–Crippen LogP) is 2.62. The van der Waals surface area contributed by atoms with Gasteiger partial charge >= 0.3 is 0 Å². The molecule has 0 aliphatic rings. The Morgan fingerprint density at radius 3 is 2.23 bits per heavy atom. The van der Waals surface area contributed by atoms with Gasteiger partial charge in [-0.2, -0.15) is 0 Å². The van der Waals surface area contributed by atoms with Gasteiger partial charge in [0, 0.05) is 11.1 Å². The maximum atomic E-state index is 11.2. The SMILES string of the molecule is CCCC(CBr)CCS(=O)(=O)CC. The summed E-state index contributed by atoms with van der Waals surface area (Å²) < 4.78 is 22.4. The van der Waals surface area contributed by atoms with E-state index in [-0.39, 0.29) is 5.75 Å². The average Bonchev–Trinajstić information content (AvgIpc) is 2.12. The first-order valence-electron chi connectivity index (χ1n) is 4.82. The Hall–Kier alpha value is 0.430. The molecule has 0 saturated carbocycles. The molecule has 0 bridgehead atoms. The van der Waals surface area contributed by atoms with Crippen molar-refractivity contribution >= 4 is 25.8 Å². The number of sulfone groups is 1. The second-order valence-electron chi connectivity index (χ2n) is 3.33. The molecule has 1 atom stereocenters. The van der Waals surface area contributed by atoms with Crippen molar-refractivity contribution in [1.29, 1.82) is 0 Å². The van der Waals surface area contributed by atoms with Gasteiger partial charge in [-0.1, -0.05) is 36.2 Å². The fourth-order valence-corrected chi connectivity index (χ4v) is 2.83. The molecular weight excluding hydrogens is 252 g/mol. The summed E-state index contributed by atoms with van der Waals surface area (Å²) in [7, 11) is -2.76. The van der Waals surface area contributed by atoms with Gasteiger partial charge in [-0.05, 0) is 18.8 Å². The van der Waals surface area contributed by atoms with Crippen LogP contribution in [0.25, 0.3) is 0 Å². The lowest BCUT2D eigenvalue weighted by Crippen LogP contribution is -2.13. The molecular formula is C9H19BrO2S. The standard InChI is InChI=1S/C9H19BrO2S/c1-3-5-9(8-10)6-7-13(11,12)4-2/h9H,3-8H2,1-2H3. The third-order valence-corrected chi connectivity index (χ3v) is 4.85. The summed E-state index contributed by atoms with van der Waals surface area (Å²) in [6, 6.07) is 0. The van der Waals surface area contributed by atoms with Crippen LogP contribution < -0.4 is 0 Å². The Labute approximate surface area is 90.2 Å². The highest BCUT2D eigenvalue weighted by atomic mass is 79.9. The topological polar surface area (TPSA) is 34.1 Å². The lowest BCUT2D eigenvalue weighted by molar-refractivity contribution is 0.513. The van der Waals surface area contributed by atoms with Crippen molar-refractivity contribution < 1.29 is 8.42 Å². The van der Waals surface area contributed by atoms with E-state index < -0.39 is 9.84 Å². The van der Waals surface area contributed by atoms with Crippen LogP contribution in [0.15, 0.2) is 0 Å². The number of hydrogen-bond acceptors (Lipinski definition) is 2. The van der Waals surface area contributed by atoms with Crippen molar-refractivity contribution in [2.75, 3.05) is 16.8 Å². The van der Waals surface area contributed by atoms with Gasteiger partial charge in [-0.3, -0.25) is 0 Å². The highest BCUT2D eigenvalue weighted by Gasteiger charge is 2.12. The molecule has 0 aliphatic carbocycles. The lowest BCUT2D eigenvalue weighted by Gasteiger charge is -2.11.